The van der Waals surface area contributed by atoms with Crippen LogP contribution in [-0.4, -0.2) is 26.0 Å². The summed E-state index contributed by atoms with van der Waals surface area (Å²) in [7, 11) is 0. The molecule has 0 aliphatic rings. The molecule has 0 saturated carbocycles. The number of aromatic amines is 1. The minimum absolute atomic E-state index is 0.0107. The molecule has 11 nitrogen and oxygen atoms in total. The van der Waals surface area contributed by atoms with Crippen LogP contribution in [0.15, 0.2) is 53.3 Å². The summed E-state index contributed by atoms with van der Waals surface area (Å²) in [5.41, 5.74) is -0.206. The van der Waals surface area contributed by atoms with Crippen molar-refractivity contribution in [1.82, 2.24) is 10.2 Å². The van der Waals surface area contributed by atoms with Gasteiger partial charge in [0.05, 0.1) is 27.2 Å². The van der Waals surface area contributed by atoms with Gasteiger partial charge in [-0.25, -0.2) is 5.10 Å². The number of hydrogen-bond donors (Lipinski definition) is 2. The normalized spacial score (nSPS) is 10.4. The number of nitrogens with zero attached hydrogens (tertiary/aromatic N) is 3. The topological polar surface area (TPSA) is 161 Å². The number of amides is 1. The Bertz CT molecular complexity index is 1180. The molecular weight excluding hydrogens is 382 g/mol. The van der Waals surface area contributed by atoms with Gasteiger partial charge in [-0.2, -0.15) is 5.10 Å². The zero-order chi connectivity index (χ0) is 21.1. The summed E-state index contributed by atoms with van der Waals surface area (Å²) in [5.74, 6) is -0.735. The Morgan fingerprint density at radius 2 is 1.83 bits per heavy atom. The Kier molecular flexibility index (Phi) is 5.13. The van der Waals surface area contributed by atoms with Gasteiger partial charge in [0.15, 0.2) is 0 Å². The van der Waals surface area contributed by atoms with E-state index in [1.54, 1.807) is 24.3 Å². The first-order valence-corrected chi connectivity index (χ1v) is 8.17. The van der Waals surface area contributed by atoms with Crippen LogP contribution >= 0.6 is 0 Å². The van der Waals surface area contributed by atoms with E-state index >= 15 is 0 Å². The van der Waals surface area contributed by atoms with Crippen molar-refractivity contribution >= 4 is 23.0 Å². The van der Waals surface area contributed by atoms with E-state index in [1.165, 1.54) is 19.1 Å². The van der Waals surface area contributed by atoms with Gasteiger partial charge in [-0.05, 0) is 25.1 Å². The summed E-state index contributed by atoms with van der Waals surface area (Å²) < 4.78 is 0. The minimum Gasteiger partial charge on any atom is -0.322 e. The highest BCUT2D eigenvalue weighted by Gasteiger charge is 2.24. The molecule has 0 fully saturated rings. The number of nitrogens with one attached hydrogen (secondary N) is 2. The Hall–Kier alpha value is -4.41. The summed E-state index contributed by atoms with van der Waals surface area (Å²) in [5, 5.41) is 31.0. The number of nitro groups is 2. The lowest BCUT2D eigenvalue weighted by Crippen LogP contribution is -2.15. The van der Waals surface area contributed by atoms with Crippen molar-refractivity contribution in [3.63, 3.8) is 0 Å². The minimum atomic E-state index is -0.800. The molecule has 11 heteroatoms. The van der Waals surface area contributed by atoms with E-state index in [2.05, 4.69) is 15.5 Å². The fourth-order valence-corrected chi connectivity index (χ4v) is 2.67. The molecule has 1 amide bonds. The Morgan fingerprint density at radius 1 is 1.07 bits per heavy atom. The van der Waals surface area contributed by atoms with Crippen LogP contribution in [0, 0.1) is 27.2 Å². The van der Waals surface area contributed by atoms with Crippen LogP contribution in [0.4, 0.5) is 17.1 Å². The second-order valence-electron chi connectivity index (χ2n) is 5.99. The number of carbonyl (C=O) groups is 1. The zero-order valence-electron chi connectivity index (χ0n) is 14.9. The molecule has 0 bridgehead atoms. The molecule has 0 unspecified atom stereocenters. The quantitative estimate of drug-likeness (QED) is 0.496. The first-order chi connectivity index (χ1) is 13.8. The van der Waals surface area contributed by atoms with Crippen LogP contribution < -0.4 is 10.9 Å². The highest BCUT2D eigenvalue weighted by molar-refractivity contribution is 6.06. The maximum absolute atomic E-state index is 12.7. The zero-order valence-corrected chi connectivity index (χ0v) is 14.9. The maximum Gasteiger partial charge on any atom is 0.279 e. The fraction of sp³-hybridized carbons (Fsp3) is 0.0556. The van der Waals surface area contributed by atoms with Crippen LogP contribution in [0.2, 0.25) is 0 Å². The standard InChI is InChI=1S/C18H13N5O6/c1-10-14(8-13(22(26)27)9-16(10)23(28)29)18(25)19-12-4-2-3-11(7-12)15-5-6-17(24)21-20-15/h2-9H,1H3,(H,19,25)(H,21,24). The molecule has 2 aromatic carbocycles. The molecule has 0 radical (unpaired) electrons. The van der Waals surface area contributed by atoms with Gasteiger partial charge >= 0.3 is 0 Å². The van der Waals surface area contributed by atoms with Gasteiger partial charge in [0.25, 0.3) is 22.8 Å². The van der Waals surface area contributed by atoms with Crippen molar-refractivity contribution < 1.29 is 14.6 Å². The number of carbonyl (C=O) groups excluding carboxylic acids is 1. The molecule has 0 spiro atoms. The third-order valence-electron chi connectivity index (χ3n) is 4.11. The lowest BCUT2D eigenvalue weighted by Gasteiger charge is -2.09. The number of nitro benzene ring substituents is 2. The number of non-ortho nitro benzene ring substituents is 1. The van der Waals surface area contributed by atoms with Crippen molar-refractivity contribution in [3.8, 4) is 11.3 Å². The number of anilines is 1. The molecule has 2 N–H and O–H groups in total. The monoisotopic (exact) mass is 395 g/mol. The summed E-state index contributed by atoms with van der Waals surface area (Å²) in [4.78, 5) is 44.5. The molecule has 29 heavy (non-hydrogen) atoms. The molecular formula is C18H13N5O6. The molecule has 0 aliphatic carbocycles. The van der Waals surface area contributed by atoms with Crippen LogP contribution in [0.3, 0.4) is 0 Å². The van der Waals surface area contributed by atoms with E-state index in [9.17, 15) is 29.8 Å². The Morgan fingerprint density at radius 3 is 2.45 bits per heavy atom. The first kappa shape index (κ1) is 19.4. The van der Waals surface area contributed by atoms with Crippen LogP contribution in [0.1, 0.15) is 15.9 Å². The van der Waals surface area contributed by atoms with Gasteiger partial charge in [-0.1, -0.05) is 12.1 Å². The van der Waals surface area contributed by atoms with E-state index in [0.29, 0.717) is 16.9 Å². The van der Waals surface area contributed by atoms with Gasteiger partial charge < -0.3 is 5.32 Å². The van der Waals surface area contributed by atoms with Crippen LogP contribution in [0.5, 0.6) is 0 Å². The van der Waals surface area contributed by atoms with Crippen LogP contribution in [0.25, 0.3) is 11.3 Å². The predicted molar refractivity (Wildman–Crippen MR) is 103 cm³/mol. The fourth-order valence-electron chi connectivity index (χ4n) is 2.67. The molecule has 146 valence electrons. The van der Waals surface area contributed by atoms with E-state index in [-0.39, 0.29) is 16.7 Å². The van der Waals surface area contributed by atoms with Crippen molar-refractivity contribution in [2.75, 3.05) is 5.32 Å². The largest absolute Gasteiger partial charge is 0.322 e. The van der Waals surface area contributed by atoms with Crippen molar-refractivity contribution in [1.29, 1.82) is 0 Å². The lowest BCUT2D eigenvalue weighted by molar-refractivity contribution is -0.394. The summed E-state index contributed by atoms with van der Waals surface area (Å²) in [6.45, 7) is 1.34. The molecule has 1 aromatic heterocycles. The molecule has 0 atom stereocenters. The van der Waals surface area contributed by atoms with Gasteiger partial charge in [-0.15, -0.1) is 0 Å². The van der Waals surface area contributed by atoms with E-state index in [0.717, 1.165) is 12.1 Å². The highest BCUT2D eigenvalue weighted by atomic mass is 16.6. The number of aromatic nitrogens is 2. The number of benzene rings is 2. The number of rotatable bonds is 5. The lowest BCUT2D eigenvalue weighted by atomic mass is 10.0. The summed E-state index contributed by atoms with van der Waals surface area (Å²) in [6, 6.07) is 11.1. The smallest absolute Gasteiger partial charge is 0.279 e. The molecule has 0 aliphatic heterocycles. The Labute approximate surface area is 162 Å². The third-order valence-corrected chi connectivity index (χ3v) is 4.11. The highest BCUT2D eigenvalue weighted by Crippen LogP contribution is 2.29. The van der Waals surface area contributed by atoms with Gasteiger partial charge in [0.2, 0.25) is 0 Å². The molecule has 0 saturated heterocycles. The van der Waals surface area contributed by atoms with Gasteiger partial charge in [0.1, 0.15) is 0 Å². The van der Waals surface area contributed by atoms with Crippen molar-refractivity contribution in [2.45, 2.75) is 6.92 Å². The Balaban J connectivity index is 1.96. The van der Waals surface area contributed by atoms with E-state index < -0.39 is 27.1 Å². The van der Waals surface area contributed by atoms with Crippen LogP contribution in [-0.2, 0) is 0 Å². The molecule has 3 rings (SSSR count). The van der Waals surface area contributed by atoms with Crippen molar-refractivity contribution in [3.05, 3.63) is 90.2 Å². The average Bonchev–Trinajstić information content (AvgIpc) is 2.68. The van der Waals surface area contributed by atoms with E-state index in [4.69, 9.17) is 0 Å². The summed E-state index contributed by atoms with van der Waals surface area (Å²) in [6.07, 6.45) is 0. The SMILES string of the molecule is Cc1c(C(=O)Nc2cccc(-c3ccc(=O)[nH]n3)c2)cc([N+](=O)[O-])cc1[N+](=O)[O-]. The number of hydrogen-bond acceptors (Lipinski definition) is 7. The second-order valence-corrected chi connectivity index (χ2v) is 5.99. The first-order valence-electron chi connectivity index (χ1n) is 8.17. The third kappa shape index (κ3) is 4.13. The molecule has 1 heterocycles. The summed E-state index contributed by atoms with van der Waals surface area (Å²) >= 11 is 0. The maximum atomic E-state index is 12.7. The van der Waals surface area contributed by atoms with Gasteiger partial charge in [0, 0.05) is 28.9 Å². The average molecular weight is 395 g/mol. The predicted octanol–water partition coefficient (Wildman–Crippen LogP) is 2.81. The number of H-pyrrole nitrogens is 1. The van der Waals surface area contributed by atoms with Crippen molar-refractivity contribution in [2.24, 2.45) is 0 Å². The molecule has 3 aromatic rings. The van der Waals surface area contributed by atoms with E-state index in [1.807, 2.05) is 0 Å². The second kappa shape index (κ2) is 7.68. The van der Waals surface area contributed by atoms with Gasteiger partial charge in [-0.3, -0.25) is 29.8 Å².